The van der Waals surface area contributed by atoms with Gasteiger partial charge in [0.1, 0.15) is 11.9 Å². The zero-order chi connectivity index (χ0) is 11.4. The van der Waals surface area contributed by atoms with Crippen LogP contribution in [0.1, 0.15) is 12.7 Å². The summed E-state index contributed by atoms with van der Waals surface area (Å²) in [6.45, 7) is 3.06. The van der Waals surface area contributed by atoms with Crippen molar-refractivity contribution in [1.82, 2.24) is 14.7 Å². The largest absolute Gasteiger partial charge is 0.480 e. The molecule has 0 bridgehead atoms. The second-order valence-electron chi connectivity index (χ2n) is 2.81. The molecular weight excluding hydrogens is 220 g/mol. The van der Waals surface area contributed by atoms with E-state index in [0.29, 0.717) is 11.0 Å². The maximum absolute atomic E-state index is 11.2. The number of aliphatic carboxylic acids is 1. The minimum atomic E-state index is -1.10. The highest BCUT2D eigenvalue weighted by atomic mass is 32.1. The van der Waals surface area contributed by atoms with Gasteiger partial charge >= 0.3 is 12.0 Å². The predicted octanol–water partition coefficient (Wildman–Crippen LogP) is 0.441. The van der Waals surface area contributed by atoms with Crippen LogP contribution in [-0.4, -0.2) is 32.5 Å². The monoisotopic (exact) mass is 230 g/mol. The summed E-state index contributed by atoms with van der Waals surface area (Å²) in [4.78, 5) is 25.5. The normalized spacial score (nSPS) is 11.9. The molecule has 0 aliphatic heterocycles. The number of nitrogens with zero attached hydrogens (tertiary/aromatic N) is 2. The lowest BCUT2D eigenvalue weighted by atomic mass is 10.3. The number of carbonyl (C=O) groups excluding carboxylic acids is 1. The van der Waals surface area contributed by atoms with Crippen LogP contribution in [0.4, 0.5) is 9.93 Å². The summed E-state index contributed by atoms with van der Waals surface area (Å²) in [5, 5.41) is 13.5. The van der Waals surface area contributed by atoms with Gasteiger partial charge in [0, 0.05) is 11.5 Å². The first kappa shape index (κ1) is 11.4. The number of carbonyl (C=O) groups is 2. The van der Waals surface area contributed by atoms with Gasteiger partial charge in [-0.15, -0.1) is 0 Å². The lowest BCUT2D eigenvalue weighted by Crippen LogP contribution is -2.40. The number of rotatable bonds is 3. The van der Waals surface area contributed by atoms with E-state index in [1.54, 1.807) is 6.92 Å². The van der Waals surface area contributed by atoms with Crippen LogP contribution in [0.2, 0.25) is 0 Å². The third kappa shape index (κ3) is 3.50. The number of urea groups is 1. The number of hydrogen-bond donors (Lipinski definition) is 3. The highest BCUT2D eigenvalue weighted by molar-refractivity contribution is 7.09. The minimum absolute atomic E-state index is 0.336. The molecule has 0 saturated carbocycles. The lowest BCUT2D eigenvalue weighted by Gasteiger charge is -2.08. The van der Waals surface area contributed by atoms with Crippen molar-refractivity contribution in [3.63, 3.8) is 0 Å². The Hall–Kier alpha value is -1.70. The van der Waals surface area contributed by atoms with Crippen LogP contribution in [0.15, 0.2) is 0 Å². The summed E-state index contributed by atoms with van der Waals surface area (Å²) in [6.07, 6.45) is 0. The molecule has 0 aromatic carbocycles. The van der Waals surface area contributed by atoms with Crippen molar-refractivity contribution in [3.05, 3.63) is 5.82 Å². The molecule has 0 unspecified atom stereocenters. The quantitative estimate of drug-likeness (QED) is 0.699. The Balaban J connectivity index is 2.46. The van der Waals surface area contributed by atoms with Crippen LogP contribution in [0.3, 0.4) is 0 Å². The smallest absolute Gasteiger partial charge is 0.325 e. The SMILES string of the molecule is Cc1nsc(NC(=O)N[C@H](C)C(=O)O)n1. The van der Waals surface area contributed by atoms with Gasteiger partial charge in [0.2, 0.25) is 5.13 Å². The molecule has 15 heavy (non-hydrogen) atoms. The van der Waals surface area contributed by atoms with E-state index >= 15 is 0 Å². The first-order valence-corrected chi connectivity index (χ1v) is 4.87. The number of amides is 2. The molecule has 0 spiro atoms. The molecule has 0 fully saturated rings. The summed E-state index contributed by atoms with van der Waals surface area (Å²) in [5.41, 5.74) is 0. The van der Waals surface area contributed by atoms with Gasteiger partial charge in [0.25, 0.3) is 0 Å². The molecule has 0 radical (unpaired) electrons. The molecule has 2 amide bonds. The second kappa shape index (κ2) is 4.69. The highest BCUT2D eigenvalue weighted by Crippen LogP contribution is 2.09. The molecule has 1 aromatic rings. The number of aryl methyl sites for hydroxylation is 1. The number of anilines is 1. The van der Waals surface area contributed by atoms with Crippen LogP contribution < -0.4 is 10.6 Å². The minimum Gasteiger partial charge on any atom is -0.480 e. The van der Waals surface area contributed by atoms with Crippen molar-refractivity contribution < 1.29 is 14.7 Å². The van der Waals surface area contributed by atoms with Gasteiger partial charge in [-0.05, 0) is 13.8 Å². The fourth-order valence-electron chi connectivity index (χ4n) is 0.739. The Kier molecular flexibility index (Phi) is 3.56. The third-order valence-corrected chi connectivity index (χ3v) is 2.19. The Morgan fingerprint density at radius 2 is 2.20 bits per heavy atom. The van der Waals surface area contributed by atoms with Crippen LogP contribution in [-0.2, 0) is 4.79 Å². The lowest BCUT2D eigenvalue weighted by molar-refractivity contribution is -0.138. The first-order chi connectivity index (χ1) is 6.99. The second-order valence-corrected chi connectivity index (χ2v) is 3.56. The van der Waals surface area contributed by atoms with Crippen molar-refractivity contribution in [3.8, 4) is 0 Å². The van der Waals surface area contributed by atoms with E-state index in [0.717, 1.165) is 11.5 Å². The van der Waals surface area contributed by atoms with E-state index in [4.69, 9.17) is 5.11 Å². The molecule has 7 nitrogen and oxygen atoms in total. The maximum atomic E-state index is 11.2. The molecule has 1 heterocycles. The van der Waals surface area contributed by atoms with Crippen LogP contribution in [0.5, 0.6) is 0 Å². The van der Waals surface area contributed by atoms with Crippen LogP contribution >= 0.6 is 11.5 Å². The van der Waals surface area contributed by atoms with Gasteiger partial charge in [-0.3, -0.25) is 10.1 Å². The molecule has 0 saturated heterocycles. The van der Waals surface area contributed by atoms with E-state index in [1.165, 1.54) is 6.92 Å². The fourth-order valence-corrected chi connectivity index (χ4v) is 1.31. The number of hydrogen-bond acceptors (Lipinski definition) is 5. The molecule has 1 atom stereocenters. The molecule has 1 rings (SSSR count). The zero-order valence-corrected chi connectivity index (χ0v) is 8.96. The van der Waals surface area contributed by atoms with Crippen molar-refractivity contribution in [2.75, 3.05) is 5.32 Å². The zero-order valence-electron chi connectivity index (χ0n) is 8.14. The summed E-state index contributed by atoms with van der Waals surface area (Å²) in [6, 6.07) is -1.56. The summed E-state index contributed by atoms with van der Waals surface area (Å²) in [7, 11) is 0. The average molecular weight is 230 g/mol. The molecule has 0 aliphatic rings. The summed E-state index contributed by atoms with van der Waals surface area (Å²) in [5.74, 6) is -0.542. The Morgan fingerprint density at radius 1 is 1.53 bits per heavy atom. The molecule has 0 aliphatic carbocycles. The van der Waals surface area contributed by atoms with Crippen LogP contribution in [0, 0.1) is 6.92 Å². The van der Waals surface area contributed by atoms with Crippen molar-refractivity contribution in [2.24, 2.45) is 0 Å². The average Bonchev–Trinajstić information content (AvgIpc) is 2.50. The standard InChI is InChI=1S/C7H10N4O3S/c1-3(5(12)13)8-6(14)10-7-9-4(2)11-15-7/h3H,1-2H3,(H,12,13)(H2,8,9,10,11,14)/t3-/m1/s1. The van der Waals surface area contributed by atoms with E-state index in [2.05, 4.69) is 20.0 Å². The Morgan fingerprint density at radius 3 is 2.67 bits per heavy atom. The van der Waals surface area contributed by atoms with Crippen LogP contribution in [0.25, 0.3) is 0 Å². The van der Waals surface area contributed by atoms with E-state index in [-0.39, 0.29) is 0 Å². The van der Waals surface area contributed by atoms with Crippen molar-refractivity contribution in [1.29, 1.82) is 0 Å². The number of carboxylic acids is 1. The third-order valence-electron chi connectivity index (χ3n) is 1.47. The fraction of sp³-hybridized carbons (Fsp3) is 0.429. The van der Waals surface area contributed by atoms with E-state index in [1.807, 2.05) is 0 Å². The molecule has 82 valence electrons. The summed E-state index contributed by atoms with van der Waals surface area (Å²) >= 11 is 1.03. The first-order valence-electron chi connectivity index (χ1n) is 4.09. The van der Waals surface area contributed by atoms with Gasteiger partial charge in [0.15, 0.2) is 0 Å². The number of carboxylic acid groups (broad SMARTS) is 1. The molecule has 3 N–H and O–H groups in total. The van der Waals surface area contributed by atoms with Gasteiger partial charge in [-0.2, -0.15) is 4.37 Å². The maximum Gasteiger partial charge on any atom is 0.325 e. The summed E-state index contributed by atoms with van der Waals surface area (Å²) < 4.78 is 3.86. The molecule has 8 heteroatoms. The highest BCUT2D eigenvalue weighted by Gasteiger charge is 2.14. The Labute approximate surface area is 89.7 Å². The van der Waals surface area contributed by atoms with Gasteiger partial charge in [-0.25, -0.2) is 9.78 Å². The Bertz CT molecular complexity index is 378. The van der Waals surface area contributed by atoms with Gasteiger partial charge in [0.05, 0.1) is 0 Å². The van der Waals surface area contributed by atoms with Crippen molar-refractivity contribution in [2.45, 2.75) is 19.9 Å². The number of nitrogens with one attached hydrogen (secondary N) is 2. The predicted molar refractivity (Wildman–Crippen MR) is 53.9 cm³/mol. The molecular formula is C7H10N4O3S. The molecule has 1 aromatic heterocycles. The van der Waals surface area contributed by atoms with Crippen molar-refractivity contribution >= 4 is 28.7 Å². The topological polar surface area (TPSA) is 104 Å². The van der Waals surface area contributed by atoms with Gasteiger partial charge < -0.3 is 10.4 Å². The number of aromatic nitrogens is 2. The van der Waals surface area contributed by atoms with E-state index in [9.17, 15) is 9.59 Å². The van der Waals surface area contributed by atoms with E-state index < -0.39 is 18.0 Å². The van der Waals surface area contributed by atoms with Gasteiger partial charge in [-0.1, -0.05) is 0 Å².